The molecule has 0 radical (unpaired) electrons. The van der Waals surface area contributed by atoms with Gasteiger partial charge in [-0.3, -0.25) is 0 Å². The molecule has 0 amide bonds. The molecule has 0 atom stereocenters. The number of rotatable bonds is 1. The van der Waals surface area contributed by atoms with Crippen molar-refractivity contribution in [1.82, 2.24) is 0 Å². The van der Waals surface area contributed by atoms with Gasteiger partial charge in [-0.1, -0.05) is 25.1 Å². The highest BCUT2D eigenvalue weighted by atomic mass is 16.7. The molecule has 0 bridgehead atoms. The van der Waals surface area contributed by atoms with E-state index in [1.165, 1.54) is 16.3 Å². The predicted molar refractivity (Wildman–Crippen MR) is 59.4 cm³/mol. The van der Waals surface area contributed by atoms with Gasteiger partial charge in [0.2, 0.25) is 6.79 Å². The third-order valence-corrected chi connectivity index (χ3v) is 2.84. The second-order valence-corrected chi connectivity index (χ2v) is 3.70. The van der Waals surface area contributed by atoms with Gasteiger partial charge in [-0.05, 0) is 34.9 Å². The Labute approximate surface area is 88.4 Å². The van der Waals surface area contributed by atoms with Crippen molar-refractivity contribution in [3.8, 4) is 11.5 Å². The van der Waals surface area contributed by atoms with Crippen LogP contribution in [0.4, 0.5) is 0 Å². The van der Waals surface area contributed by atoms with Crippen molar-refractivity contribution in [3.63, 3.8) is 0 Å². The first-order valence-corrected chi connectivity index (χ1v) is 5.19. The van der Waals surface area contributed by atoms with E-state index in [0.717, 1.165) is 17.9 Å². The molecule has 0 fully saturated rings. The maximum absolute atomic E-state index is 5.38. The minimum absolute atomic E-state index is 0.340. The van der Waals surface area contributed by atoms with Gasteiger partial charge in [-0.2, -0.15) is 0 Å². The molecular weight excluding hydrogens is 188 g/mol. The molecule has 1 aliphatic rings. The molecule has 0 N–H and O–H groups in total. The van der Waals surface area contributed by atoms with E-state index >= 15 is 0 Å². The van der Waals surface area contributed by atoms with Crippen molar-refractivity contribution in [2.45, 2.75) is 13.3 Å². The van der Waals surface area contributed by atoms with E-state index in [2.05, 4.69) is 37.3 Å². The minimum atomic E-state index is 0.340. The Bertz CT molecular complexity index is 517. The summed E-state index contributed by atoms with van der Waals surface area (Å²) < 4.78 is 10.7. The van der Waals surface area contributed by atoms with Crippen LogP contribution in [-0.4, -0.2) is 6.79 Å². The van der Waals surface area contributed by atoms with Crippen LogP contribution in [0.3, 0.4) is 0 Å². The Hall–Kier alpha value is -1.70. The SMILES string of the molecule is CCc1cccc2cc3c(cc12)OCO3. The van der Waals surface area contributed by atoms with Crippen molar-refractivity contribution < 1.29 is 9.47 Å². The molecule has 0 unspecified atom stereocenters. The number of benzene rings is 2. The number of fused-ring (bicyclic) bond motifs is 2. The standard InChI is InChI=1S/C13H12O2/c1-2-9-4-3-5-10-6-12-13(7-11(9)10)15-8-14-12/h3-7H,2,8H2,1H3. The van der Waals surface area contributed by atoms with Gasteiger partial charge < -0.3 is 9.47 Å². The monoisotopic (exact) mass is 200 g/mol. The summed E-state index contributed by atoms with van der Waals surface area (Å²) in [7, 11) is 0. The van der Waals surface area contributed by atoms with E-state index in [4.69, 9.17) is 9.47 Å². The highest BCUT2D eigenvalue weighted by Gasteiger charge is 2.14. The summed E-state index contributed by atoms with van der Waals surface area (Å²) in [6.07, 6.45) is 1.04. The van der Waals surface area contributed by atoms with Crippen molar-refractivity contribution >= 4 is 10.8 Å². The van der Waals surface area contributed by atoms with Gasteiger partial charge in [-0.25, -0.2) is 0 Å². The fourth-order valence-electron chi connectivity index (χ4n) is 2.04. The van der Waals surface area contributed by atoms with Gasteiger partial charge in [0.1, 0.15) is 0 Å². The summed E-state index contributed by atoms with van der Waals surface area (Å²) in [5.41, 5.74) is 1.35. The van der Waals surface area contributed by atoms with Gasteiger partial charge >= 0.3 is 0 Å². The molecule has 2 nitrogen and oxygen atoms in total. The summed E-state index contributed by atoms with van der Waals surface area (Å²) in [6, 6.07) is 10.5. The Morgan fingerprint density at radius 2 is 1.93 bits per heavy atom. The van der Waals surface area contributed by atoms with E-state index in [0.29, 0.717) is 6.79 Å². The molecule has 1 heterocycles. The zero-order valence-electron chi connectivity index (χ0n) is 8.62. The average Bonchev–Trinajstić information content (AvgIpc) is 2.72. The third-order valence-electron chi connectivity index (χ3n) is 2.84. The third kappa shape index (κ3) is 1.25. The van der Waals surface area contributed by atoms with Crippen LogP contribution in [0.25, 0.3) is 10.8 Å². The molecule has 2 aromatic rings. The topological polar surface area (TPSA) is 18.5 Å². The summed E-state index contributed by atoms with van der Waals surface area (Å²) >= 11 is 0. The predicted octanol–water partition coefficient (Wildman–Crippen LogP) is 3.13. The Balaban J connectivity index is 2.33. The molecule has 1 aliphatic heterocycles. The van der Waals surface area contributed by atoms with E-state index < -0.39 is 0 Å². The van der Waals surface area contributed by atoms with Crippen molar-refractivity contribution in [2.75, 3.05) is 6.79 Å². The number of hydrogen-bond donors (Lipinski definition) is 0. The molecule has 0 saturated carbocycles. The zero-order valence-corrected chi connectivity index (χ0v) is 8.62. The highest BCUT2D eigenvalue weighted by molar-refractivity contribution is 5.89. The lowest BCUT2D eigenvalue weighted by Gasteiger charge is -2.05. The number of ether oxygens (including phenoxy) is 2. The molecule has 0 spiro atoms. The second-order valence-electron chi connectivity index (χ2n) is 3.70. The van der Waals surface area contributed by atoms with Crippen LogP contribution in [0.5, 0.6) is 11.5 Å². The van der Waals surface area contributed by atoms with E-state index in [9.17, 15) is 0 Å². The fraction of sp³-hybridized carbons (Fsp3) is 0.231. The highest BCUT2D eigenvalue weighted by Crippen LogP contribution is 2.37. The van der Waals surface area contributed by atoms with Crippen LogP contribution >= 0.6 is 0 Å². The zero-order chi connectivity index (χ0) is 10.3. The first-order chi connectivity index (χ1) is 7.38. The molecule has 0 saturated heterocycles. The first-order valence-electron chi connectivity index (χ1n) is 5.19. The quantitative estimate of drug-likeness (QED) is 0.704. The van der Waals surface area contributed by atoms with Crippen LogP contribution in [-0.2, 0) is 6.42 Å². The summed E-state index contributed by atoms with van der Waals surface area (Å²) in [6.45, 7) is 2.51. The van der Waals surface area contributed by atoms with Crippen LogP contribution in [0.2, 0.25) is 0 Å². The smallest absolute Gasteiger partial charge is 0.231 e. The van der Waals surface area contributed by atoms with Gasteiger partial charge in [-0.15, -0.1) is 0 Å². The minimum Gasteiger partial charge on any atom is -0.454 e. The summed E-state index contributed by atoms with van der Waals surface area (Å²) in [4.78, 5) is 0. The summed E-state index contributed by atoms with van der Waals surface area (Å²) in [5, 5.41) is 2.49. The van der Waals surface area contributed by atoms with E-state index in [1.807, 2.05) is 0 Å². The summed E-state index contributed by atoms with van der Waals surface area (Å²) in [5.74, 6) is 1.72. The Morgan fingerprint density at radius 1 is 1.13 bits per heavy atom. The van der Waals surface area contributed by atoms with Crippen molar-refractivity contribution in [3.05, 3.63) is 35.9 Å². The fourth-order valence-corrected chi connectivity index (χ4v) is 2.04. The lowest BCUT2D eigenvalue weighted by atomic mass is 10.0. The second kappa shape index (κ2) is 3.16. The lowest BCUT2D eigenvalue weighted by Crippen LogP contribution is -1.92. The Kier molecular flexibility index (Phi) is 1.81. The van der Waals surface area contributed by atoms with Crippen LogP contribution in [0, 0.1) is 0 Å². The van der Waals surface area contributed by atoms with Crippen molar-refractivity contribution in [1.29, 1.82) is 0 Å². The van der Waals surface area contributed by atoms with Gasteiger partial charge in [0.05, 0.1) is 0 Å². The molecule has 3 rings (SSSR count). The van der Waals surface area contributed by atoms with Crippen LogP contribution in [0.1, 0.15) is 12.5 Å². The van der Waals surface area contributed by atoms with Gasteiger partial charge in [0, 0.05) is 0 Å². The Morgan fingerprint density at radius 3 is 2.73 bits per heavy atom. The van der Waals surface area contributed by atoms with Crippen LogP contribution < -0.4 is 9.47 Å². The number of aryl methyl sites for hydroxylation is 1. The molecular formula is C13H12O2. The van der Waals surface area contributed by atoms with Gasteiger partial charge in [0.25, 0.3) is 0 Å². The first kappa shape index (κ1) is 8.60. The largest absolute Gasteiger partial charge is 0.454 e. The van der Waals surface area contributed by atoms with Crippen LogP contribution in [0.15, 0.2) is 30.3 Å². The lowest BCUT2D eigenvalue weighted by molar-refractivity contribution is 0.174. The van der Waals surface area contributed by atoms with E-state index in [1.54, 1.807) is 0 Å². The average molecular weight is 200 g/mol. The maximum Gasteiger partial charge on any atom is 0.231 e. The molecule has 2 heteroatoms. The van der Waals surface area contributed by atoms with Gasteiger partial charge in [0.15, 0.2) is 11.5 Å². The molecule has 0 aliphatic carbocycles. The molecule has 0 aromatic heterocycles. The van der Waals surface area contributed by atoms with E-state index in [-0.39, 0.29) is 0 Å². The maximum atomic E-state index is 5.38. The molecule has 15 heavy (non-hydrogen) atoms. The molecule has 2 aromatic carbocycles. The normalized spacial score (nSPS) is 13.4. The molecule has 76 valence electrons. The van der Waals surface area contributed by atoms with Crippen molar-refractivity contribution in [2.24, 2.45) is 0 Å². The number of hydrogen-bond acceptors (Lipinski definition) is 2.